The van der Waals surface area contributed by atoms with E-state index in [4.69, 9.17) is 10.3 Å². The minimum absolute atomic E-state index is 0.00981. The summed E-state index contributed by atoms with van der Waals surface area (Å²) in [6.45, 7) is 4.84. The van der Waals surface area contributed by atoms with E-state index in [1.165, 1.54) is 6.39 Å². The Morgan fingerprint density at radius 3 is 2.94 bits per heavy atom. The number of aromatic nitrogens is 4. The van der Waals surface area contributed by atoms with E-state index in [0.717, 1.165) is 12.1 Å². The molecule has 0 saturated carbocycles. The zero-order valence-corrected chi connectivity index (χ0v) is 10.1. The zero-order chi connectivity index (χ0) is 12.3. The summed E-state index contributed by atoms with van der Waals surface area (Å²) in [4.78, 5) is 8.11. The number of nitrogens with two attached hydrogens (primary N) is 1. The van der Waals surface area contributed by atoms with Crippen molar-refractivity contribution >= 4 is 0 Å². The molecule has 0 aliphatic heterocycles. The smallest absolute Gasteiger partial charge is 0.213 e. The quantitative estimate of drug-likeness (QED) is 0.846. The molecule has 0 fully saturated rings. The first-order valence-electron chi connectivity index (χ1n) is 5.67. The Hall–Kier alpha value is -1.69. The van der Waals surface area contributed by atoms with Gasteiger partial charge in [-0.25, -0.2) is 4.98 Å². The van der Waals surface area contributed by atoms with Crippen LogP contribution in [0.1, 0.15) is 37.8 Å². The van der Waals surface area contributed by atoms with Gasteiger partial charge in [0.25, 0.3) is 0 Å². The van der Waals surface area contributed by atoms with Crippen molar-refractivity contribution in [2.24, 2.45) is 11.7 Å². The van der Waals surface area contributed by atoms with Crippen LogP contribution in [0, 0.1) is 5.92 Å². The molecule has 0 aliphatic carbocycles. The Balaban J connectivity index is 2.11. The van der Waals surface area contributed by atoms with E-state index in [9.17, 15) is 0 Å². The van der Waals surface area contributed by atoms with Gasteiger partial charge in [0, 0.05) is 12.2 Å². The summed E-state index contributed by atoms with van der Waals surface area (Å²) >= 11 is 0. The molecule has 0 aliphatic rings. The Labute approximate surface area is 99.8 Å². The van der Waals surface area contributed by atoms with Gasteiger partial charge in [-0.2, -0.15) is 4.98 Å². The Morgan fingerprint density at radius 1 is 1.47 bits per heavy atom. The fourth-order valence-corrected chi connectivity index (χ4v) is 1.81. The molecule has 6 heteroatoms. The lowest BCUT2D eigenvalue weighted by atomic mass is 10.0. The standard InChI is InChI=1S/C11H17N5O/c1-8(2)3-9(12)10-4-13-6-16(10)5-11-14-7-17-15-11/h4,6-9H,3,5,12H2,1-2H3. The summed E-state index contributed by atoms with van der Waals surface area (Å²) < 4.78 is 6.66. The highest BCUT2D eigenvalue weighted by Crippen LogP contribution is 2.18. The van der Waals surface area contributed by atoms with Gasteiger partial charge in [0.1, 0.15) is 0 Å². The van der Waals surface area contributed by atoms with Crippen molar-refractivity contribution < 1.29 is 4.52 Å². The monoisotopic (exact) mass is 235 g/mol. The third-order valence-electron chi connectivity index (χ3n) is 2.57. The van der Waals surface area contributed by atoms with Crippen molar-refractivity contribution in [1.29, 1.82) is 0 Å². The molecule has 2 rings (SSSR count). The third-order valence-corrected chi connectivity index (χ3v) is 2.57. The maximum absolute atomic E-state index is 6.15. The van der Waals surface area contributed by atoms with Crippen molar-refractivity contribution in [3.8, 4) is 0 Å². The van der Waals surface area contributed by atoms with Crippen molar-refractivity contribution in [3.05, 3.63) is 30.4 Å². The molecule has 2 N–H and O–H groups in total. The molecule has 2 aromatic rings. The minimum Gasteiger partial charge on any atom is -0.343 e. The average Bonchev–Trinajstić information content (AvgIpc) is 2.88. The average molecular weight is 235 g/mol. The molecule has 2 heterocycles. The maximum atomic E-state index is 6.15. The van der Waals surface area contributed by atoms with Gasteiger partial charge in [-0.3, -0.25) is 0 Å². The summed E-state index contributed by atoms with van der Waals surface area (Å²) in [5.41, 5.74) is 7.15. The van der Waals surface area contributed by atoms with E-state index in [2.05, 4.69) is 29.0 Å². The zero-order valence-electron chi connectivity index (χ0n) is 10.1. The van der Waals surface area contributed by atoms with Gasteiger partial charge in [-0.1, -0.05) is 19.0 Å². The summed E-state index contributed by atoms with van der Waals surface area (Å²) in [6.07, 6.45) is 5.79. The molecule has 17 heavy (non-hydrogen) atoms. The molecule has 1 unspecified atom stereocenters. The third kappa shape index (κ3) is 2.91. The second-order valence-electron chi connectivity index (χ2n) is 4.53. The second-order valence-corrected chi connectivity index (χ2v) is 4.53. The van der Waals surface area contributed by atoms with Crippen LogP contribution in [0.2, 0.25) is 0 Å². The molecular weight excluding hydrogens is 218 g/mol. The highest BCUT2D eigenvalue weighted by molar-refractivity contribution is 5.06. The molecule has 0 saturated heterocycles. The number of rotatable bonds is 5. The van der Waals surface area contributed by atoms with Gasteiger partial charge in [-0.05, 0) is 12.3 Å². The minimum atomic E-state index is -0.00981. The van der Waals surface area contributed by atoms with Crippen molar-refractivity contribution in [2.75, 3.05) is 0 Å². The molecule has 2 aromatic heterocycles. The van der Waals surface area contributed by atoms with Crippen LogP contribution in [0.25, 0.3) is 0 Å². The molecular formula is C11H17N5O. The van der Waals surface area contributed by atoms with Gasteiger partial charge in [0.05, 0.1) is 18.6 Å². The molecule has 0 amide bonds. The molecule has 1 atom stereocenters. The summed E-state index contributed by atoms with van der Waals surface area (Å²) in [5, 5.41) is 3.78. The van der Waals surface area contributed by atoms with E-state index in [-0.39, 0.29) is 6.04 Å². The number of imidazole rings is 1. The molecule has 0 radical (unpaired) electrons. The van der Waals surface area contributed by atoms with E-state index >= 15 is 0 Å². The number of hydrogen-bond donors (Lipinski definition) is 1. The highest BCUT2D eigenvalue weighted by atomic mass is 16.5. The summed E-state index contributed by atoms with van der Waals surface area (Å²) in [7, 11) is 0. The van der Waals surface area contributed by atoms with Crippen molar-refractivity contribution in [1.82, 2.24) is 19.7 Å². The van der Waals surface area contributed by atoms with Crippen LogP contribution in [0.3, 0.4) is 0 Å². The Kier molecular flexibility index (Phi) is 3.53. The van der Waals surface area contributed by atoms with Crippen LogP contribution < -0.4 is 5.73 Å². The van der Waals surface area contributed by atoms with Crippen LogP contribution in [0.4, 0.5) is 0 Å². The first-order valence-corrected chi connectivity index (χ1v) is 5.67. The molecule has 0 bridgehead atoms. The first kappa shape index (κ1) is 11.8. The maximum Gasteiger partial charge on any atom is 0.213 e. The predicted molar refractivity (Wildman–Crippen MR) is 62.0 cm³/mol. The lowest BCUT2D eigenvalue weighted by Gasteiger charge is -2.15. The number of nitrogens with zero attached hydrogens (tertiary/aromatic N) is 4. The fourth-order valence-electron chi connectivity index (χ4n) is 1.81. The summed E-state index contributed by atoms with van der Waals surface area (Å²) in [6, 6.07) is -0.00981. The van der Waals surface area contributed by atoms with Crippen LogP contribution in [0.5, 0.6) is 0 Å². The van der Waals surface area contributed by atoms with Gasteiger partial charge >= 0.3 is 0 Å². The summed E-state index contributed by atoms with van der Waals surface area (Å²) in [5.74, 6) is 1.18. The van der Waals surface area contributed by atoms with Crippen molar-refractivity contribution in [2.45, 2.75) is 32.9 Å². The molecule has 92 valence electrons. The van der Waals surface area contributed by atoms with Gasteiger partial charge in [-0.15, -0.1) is 0 Å². The van der Waals surface area contributed by atoms with Gasteiger partial charge in [0.15, 0.2) is 5.82 Å². The largest absolute Gasteiger partial charge is 0.343 e. The normalized spacial score (nSPS) is 13.2. The van der Waals surface area contributed by atoms with Crippen LogP contribution >= 0.6 is 0 Å². The van der Waals surface area contributed by atoms with Gasteiger partial charge in [0.2, 0.25) is 6.39 Å². The van der Waals surface area contributed by atoms with Crippen molar-refractivity contribution in [3.63, 3.8) is 0 Å². The SMILES string of the molecule is CC(C)CC(N)c1cncn1Cc1ncon1. The Morgan fingerprint density at radius 2 is 2.29 bits per heavy atom. The highest BCUT2D eigenvalue weighted by Gasteiger charge is 2.14. The van der Waals surface area contributed by atoms with Gasteiger partial charge < -0.3 is 14.8 Å². The van der Waals surface area contributed by atoms with E-state index < -0.39 is 0 Å². The lowest BCUT2D eigenvalue weighted by Crippen LogP contribution is -2.17. The molecule has 0 aromatic carbocycles. The predicted octanol–water partition coefficient (Wildman–Crippen LogP) is 1.36. The van der Waals surface area contributed by atoms with E-state index in [1.54, 1.807) is 12.5 Å². The van der Waals surface area contributed by atoms with E-state index in [0.29, 0.717) is 18.3 Å². The van der Waals surface area contributed by atoms with Crippen LogP contribution in [-0.4, -0.2) is 19.7 Å². The van der Waals surface area contributed by atoms with Crippen LogP contribution in [-0.2, 0) is 6.54 Å². The number of hydrogen-bond acceptors (Lipinski definition) is 5. The van der Waals surface area contributed by atoms with E-state index in [1.807, 2.05) is 4.57 Å². The second kappa shape index (κ2) is 5.09. The lowest BCUT2D eigenvalue weighted by molar-refractivity contribution is 0.407. The topological polar surface area (TPSA) is 82.8 Å². The first-order chi connectivity index (χ1) is 8.16. The Bertz CT molecular complexity index is 448. The molecule has 0 spiro atoms. The molecule has 6 nitrogen and oxygen atoms in total. The van der Waals surface area contributed by atoms with Crippen LogP contribution in [0.15, 0.2) is 23.4 Å². The fraction of sp³-hybridized carbons (Fsp3) is 0.545.